The molecule has 2 aliphatic carbocycles. The maximum absolute atomic E-state index is 10.7. The Morgan fingerprint density at radius 3 is 2.54 bits per heavy atom. The Kier molecular flexibility index (Phi) is 1.88. The summed E-state index contributed by atoms with van der Waals surface area (Å²) in [7, 11) is 0. The van der Waals surface area contributed by atoms with Crippen molar-refractivity contribution in [1.29, 1.82) is 0 Å². The standard InChI is InChI=1S/C10H8NO2/c12-11(13)10-7-6-8-4-2-1-3-5-9(8)10/h1-7,12H/q-1. The summed E-state index contributed by atoms with van der Waals surface area (Å²) in [5, 5.41) is 19.4. The van der Waals surface area contributed by atoms with Gasteiger partial charge >= 0.3 is 0 Å². The summed E-state index contributed by atoms with van der Waals surface area (Å²) in [6, 6.07) is 12.7. The van der Waals surface area contributed by atoms with Crippen molar-refractivity contribution in [3.05, 3.63) is 47.7 Å². The van der Waals surface area contributed by atoms with Crippen molar-refractivity contribution >= 4 is 5.69 Å². The molecule has 0 heterocycles. The molecule has 0 saturated carbocycles. The summed E-state index contributed by atoms with van der Waals surface area (Å²) >= 11 is 0. The summed E-state index contributed by atoms with van der Waals surface area (Å²) < 4.78 is 0. The highest BCUT2D eigenvalue weighted by atomic mass is 16.8. The number of fused-ring (bicyclic) bond motifs is 1. The van der Waals surface area contributed by atoms with Gasteiger partial charge in [0.05, 0.1) is 5.69 Å². The van der Waals surface area contributed by atoms with E-state index in [1.165, 1.54) is 0 Å². The van der Waals surface area contributed by atoms with Crippen LogP contribution in [-0.2, 0) is 0 Å². The molecule has 66 valence electrons. The Hall–Kier alpha value is -1.58. The molecule has 3 heteroatoms. The van der Waals surface area contributed by atoms with Gasteiger partial charge in [0, 0.05) is 5.56 Å². The van der Waals surface area contributed by atoms with Gasteiger partial charge in [-0.05, 0) is 11.6 Å². The Morgan fingerprint density at radius 2 is 1.77 bits per heavy atom. The smallest absolute Gasteiger partial charge is 0.0587 e. The van der Waals surface area contributed by atoms with E-state index >= 15 is 0 Å². The van der Waals surface area contributed by atoms with Gasteiger partial charge in [0.25, 0.3) is 0 Å². The number of hydrogen-bond donors (Lipinski definition) is 1. The van der Waals surface area contributed by atoms with E-state index < -0.39 is 0 Å². The van der Waals surface area contributed by atoms with E-state index in [2.05, 4.69) is 0 Å². The molecule has 0 aromatic heterocycles. The van der Waals surface area contributed by atoms with Crippen molar-refractivity contribution in [3.8, 4) is 11.1 Å². The topological polar surface area (TPSA) is 46.5 Å². The first-order chi connectivity index (χ1) is 6.29. The molecule has 0 spiro atoms. The lowest BCUT2D eigenvalue weighted by Gasteiger charge is -2.21. The summed E-state index contributed by atoms with van der Waals surface area (Å²) in [6.07, 6.45) is 0. The summed E-state index contributed by atoms with van der Waals surface area (Å²) in [5.41, 5.74) is 1.98. The first-order valence-electron chi connectivity index (χ1n) is 3.93. The van der Waals surface area contributed by atoms with Crippen molar-refractivity contribution in [2.45, 2.75) is 0 Å². The zero-order valence-electron chi connectivity index (χ0n) is 6.84. The van der Waals surface area contributed by atoms with Gasteiger partial charge in [0.2, 0.25) is 0 Å². The van der Waals surface area contributed by atoms with Crippen molar-refractivity contribution in [2.24, 2.45) is 0 Å². The average Bonchev–Trinajstić information content (AvgIpc) is 2.36. The molecule has 0 atom stereocenters. The van der Waals surface area contributed by atoms with Crippen molar-refractivity contribution < 1.29 is 5.21 Å². The molecule has 0 amide bonds. The zero-order valence-corrected chi connectivity index (χ0v) is 6.84. The first kappa shape index (κ1) is 8.04. The zero-order chi connectivity index (χ0) is 9.26. The lowest BCUT2D eigenvalue weighted by Crippen LogP contribution is -2.06. The van der Waals surface area contributed by atoms with Crippen LogP contribution in [0.1, 0.15) is 0 Å². The van der Waals surface area contributed by atoms with E-state index in [9.17, 15) is 5.21 Å². The molecular weight excluding hydrogens is 166 g/mol. The lowest BCUT2D eigenvalue weighted by molar-refractivity contribution is 0.297. The third-order valence-corrected chi connectivity index (χ3v) is 1.97. The maximum Gasteiger partial charge on any atom is 0.0587 e. The second-order valence-electron chi connectivity index (χ2n) is 2.77. The molecule has 0 unspecified atom stereocenters. The van der Waals surface area contributed by atoms with E-state index in [1.54, 1.807) is 18.2 Å². The molecule has 2 rings (SSSR count). The molecular formula is C10H8NO2-. The van der Waals surface area contributed by atoms with Gasteiger partial charge in [0.15, 0.2) is 0 Å². The second-order valence-corrected chi connectivity index (χ2v) is 2.77. The van der Waals surface area contributed by atoms with Gasteiger partial charge in [-0.25, -0.2) is 0 Å². The minimum Gasteiger partial charge on any atom is -0.733 e. The van der Waals surface area contributed by atoms with E-state index in [4.69, 9.17) is 5.21 Å². The van der Waals surface area contributed by atoms with Gasteiger partial charge in [-0.2, -0.15) is 0 Å². The van der Waals surface area contributed by atoms with Crippen LogP contribution < -0.4 is 5.23 Å². The van der Waals surface area contributed by atoms with Crippen LogP contribution in [0.25, 0.3) is 11.1 Å². The summed E-state index contributed by atoms with van der Waals surface area (Å²) in [6.45, 7) is 0. The van der Waals surface area contributed by atoms with Crippen LogP contribution in [0.3, 0.4) is 0 Å². The van der Waals surface area contributed by atoms with Crippen LogP contribution in [0.2, 0.25) is 0 Å². The Labute approximate surface area is 75.7 Å². The molecule has 1 N–H and O–H groups in total. The van der Waals surface area contributed by atoms with Crippen LogP contribution in [0.4, 0.5) is 5.69 Å². The normalized spacial score (nSPS) is 10.3. The van der Waals surface area contributed by atoms with Gasteiger partial charge < -0.3 is 10.4 Å². The highest BCUT2D eigenvalue weighted by molar-refractivity contribution is 5.81. The maximum atomic E-state index is 10.7. The largest absolute Gasteiger partial charge is 0.733 e. The van der Waals surface area contributed by atoms with Gasteiger partial charge in [-0.15, -0.1) is 0 Å². The third-order valence-electron chi connectivity index (χ3n) is 1.97. The SMILES string of the molecule is [O-]N(O)c1ccc2cccccc1-2. The Balaban J connectivity index is 2.62. The van der Waals surface area contributed by atoms with Crippen LogP contribution >= 0.6 is 0 Å². The molecule has 0 saturated heterocycles. The highest BCUT2D eigenvalue weighted by Crippen LogP contribution is 2.32. The first-order valence-corrected chi connectivity index (χ1v) is 3.93. The molecule has 0 aromatic carbocycles. The van der Waals surface area contributed by atoms with E-state index in [0.717, 1.165) is 11.1 Å². The van der Waals surface area contributed by atoms with Crippen LogP contribution in [0, 0.1) is 5.21 Å². The highest BCUT2D eigenvalue weighted by Gasteiger charge is 2.06. The van der Waals surface area contributed by atoms with Crippen LogP contribution in [0.15, 0.2) is 42.5 Å². The lowest BCUT2D eigenvalue weighted by atomic mass is 10.2. The predicted octanol–water partition coefficient (Wildman–Crippen LogP) is 2.48. The quantitative estimate of drug-likeness (QED) is 0.675. The Bertz CT molecular complexity index is 387. The second kappa shape index (κ2) is 3.05. The number of anilines is 1. The van der Waals surface area contributed by atoms with Crippen LogP contribution in [0.5, 0.6) is 0 Å². The molecule has 2 aliphatic rings. The minimum atomic E-state index is -0.109. The van der Waals surface area contributed by atoms with E-state index in [-0.39, 0.29) is 10.9 Å². The monoisotopic (exact) mass is 174 g/mol. The molecule has 0 aromatic rings. The minimum absolute atomic E-state index is 0.109. The average molecular weight is 174 g/mol. The Morgan fingerprint density at radius 1 is 1.00 bits per heavy atom. The fourth-order valence-corrected chi connectivity index (χ4v) is 1.37. The van der Waals surface area contributed by atoms with Gasteiger partial charge in [0.1, 0.15) is 0 Å². The molecule has 0 bridgehead atoms. The number of nitrogens with zero attached hydrogens (tertiary/aromatic N) is 1. The molecule has 0 fully saturated rings. The number of rotatable bonds is 1. The molecule has 0 radical (unpaired) electrons. The van der Waals surface area contributed by atoms with Crippen molar-refractivity contribution in [1.82, 2.24) is 0 Å². The van der Waals surface area contributed by atoms with E-state index in [0.29, 0.717) is 0 Å². The summed E-state index contributed by atoms with van der Waals surface area (Å²) in [4.78, 5) is 0. The van der Waals surface area contributed by atoms with Gasteiger partial charge in [-0.3, -0.25) is 5.21 Å². The fraction of sp³-hybridized carbons (Fsp3) is 0. The molecule has 3 nitrogen and oxygen atoms in total. The fourth-order valence-electron chi connectivity index (χ4n) is 1.37. The van der Waals surface area contributed by atoms with Crippen molar-refractivity contribution in [3.63, 3.8) is 0 Å². The summed E-state index contributed by atoms with van der Waals surface area (Å²) in [5.74, 6) is 0. The molecule has 0 aliphatic heterocycles. The molecule has 13 heavy (non-hydrogen) atoms. The van der Waals surface area contributed by atoms with Crippen LogP contribution in [-0.4, -0.2) is 5.21 Å². The number of hydrogen-bond acceptors (Lipinski definition) is 3. The van der Waals surface area contributed by atoms with E-state index in [1.807, 2.05) is 24.3 Å². The van der Waals surface area contributed by atoms with Gasteiger partial charge in [-0.1, -0.05) is 36.4 Å². The van der Waals surface area contributed by atoms with Crippen molar-refractivity contribution in [2.75, 3.05) is 5.23 Å². The third kappa shape index (κ3) is 1.35. The predicted molar refractivity (Wildman–Crippen MR) is 50.7 cm³/mol.